The third-order valence-corrected chi connectivity index (χ3v) is 5.34. The lowest BCUT2D eigenvalue weighted by Gasteiger charge is -2.28. The van der Waals surface area contributed by atoms with Gasteiger partial charge in [-0.25, -0.2) is 13.1 Å². The van der Waals surface area contributed by atoms with Crippen molar-refractivity contribution in [1.82, 2.24) is 9.62 Å². The Labute approximate surface area is 126 Å². The number of nitrogens with two attached hydrogens (primary N) is 1. The molecule has 21 heavy (non-hydrogen) atoms. The SMILES string of the molecule is COc1cc(N)ccc1S(=O)(=O)NCC1CCN(C)CC1. The summed E-state index contributed by atoms with van der Waals surface area (Å²) in [5.41, 5.74) is 6.12. The van der Waals surface area contributed by atoms with Crippen LogP contribution in [-0.2, 0) is 10.0 Å². The van der Waals surface area contributed by atoms with Crippen LogP contribution in [-0.4, -0.2) is 47.1 Å². The molecule has 1 aromatic rings. The lowest BCUT2D eigenvalue weighted by atomic mass is 9.98. The van der Waals surface area contributed by atoms with Crippen LogP contribution in [0.15, 0.2) is 23.1 Å². The van der Waals surface area contributed by atoms with E-state index in [1.807, 2.05) is 0 Å². The summed E-state index contributed by atoms with van der Waals surface area (Å²) in [6.07, 6.45) is 2.02. The molecule has 0 aliphatic carbocycles. The van der Waals surface area contributed by atoms with E-state index in [4.69, 9.17) is 10.5 Å². The van der Waals surface area contributed by atoms with Crippen molar-refractivity contribution >= 4 is 15.7 Å². The third-order valence-electron chi connectivity index (χ3n) is 3.88. The Hall–Kier alpha value is -1.31. The Morgan fingerprint density at radius 3 is 2.67 bits per heavy atom. The first-order valence-electron chi connectivity index (χ1n) is 7.04. The van der Waals surface area contributed by atoms with Gasteiger partial charge in [-0.1, -0.05) is 0 Å². The van der Waals surface area contributed by atoms with Crippen LogP contribution < -0.4 is 15.2 Å². The van der Waals surface area contributed by atoms with E-state index in [1.54, 1.807) is 6.07 Å². The lowest BCUT2D eigenvalue weighted by molar-refractivity contribution is 0.220. The Morgan fingerprint density at radius 2 is 2.05 bits per heavy atom. The molecule has 7 heteroatoms. The largest absolute Gasteiger partial charge is 0.495 e. The van der Waals surface area contributed by atoms with Crippen LogP contribution in [0, 0.1) is 5.92 Å². The molecule has 3 N–H and O–H groups in total. The van der Waals surface area contributed by atoms with Gasteiger partial charge in [0.1, 0.15) is 10.6 Å². The van der Waals surface area contributed by atoms with E-state index >= 15 is 0 Å². The Morgan fingerprint density at radius 1 is 1.38 bits per heavy atom. The van der Waals surface area contributed by atoms with Crippen LogP contribution >= 0.6 is 0 Å². The van der Waals surface area contributed by atoms with Crippen LogP contribution in [0.25, 0.3) is 0 Å². The van der Waals surface area contributed by atoms with Crippen molar-refractivity contribution in [1.29, 1.82) is 0 Å². The molecule has 118 valence electrons. The van der Waals surface area contributed by atoms with Gasteiger partial charge in [-0.3, -0.25) is 0 Å². The molecule has 0 spiro atoms. The standard InChI is InChI=1S/C14H23N3O3S/c1-17-7-5-11(6-8-17)10-16-21(18,19)14-4-3-12(15)9-13(14)20-2/h3-4,9,11,16H,5-8,10,15H2,1-2H3. The van der Waals surface area contributed by atoms with Gasteiger partial charge >= 0.3 is 0 Å². The van der Waals surface area contributed by atoms with Crippen molar-refractivity contribution in [3.63, 3.8) is 0 Å². The number of nitrogens with zero attached hydrogens (tertiary/aromatic N) is 1. The van der Waals surface area contributed by atoms with Gasteiger partial charge in [-0.2, -0.15) is 0 Å². The fraction of sp³-hybridized carbons (Fsp3) is 0.571. The summed E-state index contributed by atoms with van der Waals surface area (Å²) in [4.78, 5) is 2.39. The summed E-state index contributed by atoms with van der Waals surface area (Å²) in [6.45, 7) is 2.48. The Balaban J connectivity index is 2.05. The van der Waals surface area contributed by atoms with E-state index in [0.29, 0.717) is 18.2 Å². The first kappa shape index (κ1) is 16.1. The summed E-state index contributed by atoms with van der Waals surface area (Å²) in [6, 6.07) is 4.56. The van der Waals surface area contributed by atoms with Crippen LogP contribution in [0.3, 0.4) is 0 Å². The smallest absolute Gasteiger partial charge is 0.244 e. The van der Waals surface area contributed by atoms with Crippen molar-refractivity contribution in [3.8, 4) is 5.75 Å². The highest BCUT2D eigenvalue weighted by molar-refractivity contribution is 7.89. The van der Waals surface area contributed by atoms with E-state index < -0.39 is 10.0 Å². The van der Waals surface area contributed by atoms with Crippen molar-refractivity contribution in [2.24, 2.45) is 5.92 Å². The van der Waals surface area contributed by atoms with Crippen molar-refractivity contribution in [3.05, 3.63) is 18.2 Å². The molecular weight excluding hydrogens is 290 g/mol. The normalized spacial score (nSPS) is 17.8. The van der Waals surface area contributed by atoms with Gasteiger partial charge in [0.25, 0.3) is 0 Å². The number of likely N-dealkylation sites (tertiary alicyclic amines) is 1. The Bertz CT molecular complexity index is 581. The number of methoxy groups -OCH3 is 1. The number of sulfonamides is 1. The zero-order valence-corrected chi connectivity index (χ0v) is 13.3. The fourth-order valence-electron chi connectivity index (χ4n) is 2.48. The van der Waals surface area contributed by atoms with Gasteiger partial charge in [-0.15, -0.1) is 0 Å². The molecular formula is C14H23N3O3S. The zero-order chi connectivity index (χ0) is 15.5. The summed E-state index contributed by atoms with van der Waals surface area (Å²) >= 11 is 0. The number of ether oxygens (including phenoxy) is 1. The predicted molar refractivity (Wildman–Crippen MR) is 82.8 cm³/mol. The van der Waals surface area contributed by atoms with Crippen molar-refractivity contribution in [2.45, 2.75) is 17.7 Å². The summed E-state index contributed by atoms with van der Waals surface area (Å²) in [7, 11) is -0.0586. The number of nitrogens with one attached hydrogen (secondary N) is 1. The molecule has 0 saturated carbocycles. The van der Waals surface area contributed by atoms with Crippen molar-refractivity contribution in [2.75, 3.05) is 39.5 Å². The number of nitrogen functional groups attached to an aromatic ring is 1. The first-order valence-corrected chi connectivity index (χ1v) is 8.52. The maximum atomic E-state index is 12.4. The van der Waals surface area contributed by atoms with Gasteiger partial charge in [0, 0.05) is 18.3 Å². The second kappa shape index (κ2) is 6.64. The number of anilines is 1. The fourth-order valence-corrected chi connectivity index (χ4v) is 3.74. The topological polar surface area (TPSA) is 84.7 Å². The minimum absolute atomic E-state index is 0.132. The average molecular weight is 313 g/mol. The van der Waals surface area contributed by atoms with Crippen molar-refractivity contribution < 1.29 is 13.2 Å². The number of hydrogen-bond donors (Lipinski definition) is 2. The second-order valence-corrected chi connectivity index (χ2v) is 7.24. The average Bonchev–Trinajstić information content (AvgIpc) is 2.46. The van der Waals surface area contributed by atoms with Crippen LogP contribution in [0.2, 0.25) is 0 Å². The van der Waals surface area contributed by atoms with Gasteiger partial charge < -0.3 is 15.4 Å². The Kier molecular flexibility index (Phi) is 5.08. The molecule has 1 saturated heterocycles. The molecule has 1 aliphatic heterocycles. The van der Waals surface area contributed by atoms with Gasteiger partial charge in [-0.05, 0) is 51.0 Å². The number of benzene rings is 1. The van der Waals surface area contributed by atoms with Crippen LogP contribution in [0.1, 0.15) is 12.8 Å². The molecule has 0 atom stereocenters. The van der Waals surface area contributed by atoms with E-state index in [9.17, 15) is 8.42 Å². The van der Waals surface area contributed by atoms with Gasteiger partial charge in [0.15, 0.2) is 0 Å². The minimum Gasteiger partial charge on any atom is -0.495 e. The monoisotopic (exact) mass is 313 g/mol. The molecule has 0 aromatic heterocycles. The highest BCUT2D eigenvalue weighted by Crippen LogP contribution is 2.26. The summed E-state index contributed by atoms with van der Waals surface area (Å²) < 4.78 is 32.6. The molecule has 1 heterocycles. The molecule has 0 amide bonds. The van der Waals surface area contributed by atoms with E-state index in [1.165, 1.54) is 19.2 Å². The molecule has 0 bridgehead atoms. The predicted octanol–water partition coefficient (Wildman–Crippen LogP) is 0.898. The maximum Gasteiger partial charge on any atom is 0.244 e. The summed E-state index contributed by atoms with van der Waals surface area (Å²) in [5, 5.41) is 0. The van der Waals surface area contributed by atoms with Gasteiger partial charge in [0.2, 0.25) is 10.0 Å². The highest BCUT2D eigenvalue weighted by atomic mass is 32.2. The minimum atomic E-state index is -3.58. The summed E-state index contributed by atoms with van der Waals surface area (Å²) in [5.74, 6) is 0.654. The maximum absolute atomic E-state index is 12.4. The molecule has 1 aromatic carbocycles. The highest BCUT2D eigenvalue weighted by Gasteiger charge is 2.23. The molecule has 0 radical (unpaired) electrons. The number of rotatable bonds is 5. The first-order chi connectivity index (χ1) is 9.92. The number of hydrogen-bond acceptors (Lipinski definition) is 5. The van der Waals surface area contributed by atoms with Crippen LogP contribution in [0.5, 0.6) is 5.75 Å². The van der Waals surface area contributed by atoms with E-state index in [2.05, 4.69) is 16.7 Å². The second-order valence-electron chi connectivity index (χ2n) is 5.51. The molecule has 0 unspecified atom stereocenters. The molecule has 2 rings (SSSR count). The zero-order valence-electron chi connectivity index (χ0n) is 12.5. The van der Waals surface area contributed by atoms with E-state index in [0.717, 1.165) is 25.9 Å². The van der Waals surface area contributed by atoms with E-state index in [-0.39, 0.29) is 10.6 Å². The quantitative estimate of drug-likeness (QED) is 0.789. The molecule has 1 fully saturated rings. The number of piperidine rings is 1. The lowest BCUT2D eigenvalue weighted by Crippen LogP contribution is -2.36. The van der Waals surface area contributed by atoms with Crippen LogP contribution in [0.4, 0.5) is 5.69 Å². The third kappa shape index (κ3) is 4.09. The van der Waals surface area contributed by atoms with Gasteiger partial charge in [0.05, 0.1) is 7.11 Å². The molecule has 1 aliphatic rings. The molecule has 6 nitrogen and oxygen atoms in total.